The van der Waals surface area contributed by atoms with E-state index < -0.39 is 0 Å². The van der Waals surface area contributed by atoms with Crippen molar-refractivity contribution in [3.63, 3.8) is 0 Å². The van der Waals surface area contributed by atoms with E-state index in [2.05, 4.69) is 112 Å². The molecule has 2 heterocycles. The number of aromatic amines is 1. The lowest BCUT2D eigenvalue weighted by Crippen LogP contribution is -2.20. The smallest absolute Gasteiger partial charge is 0.0731 e. The van der Waals surface area contributed by atoms with Gasteiger partial charge in [0.1, 0.15) is 0 Å². The van der Waals surface area contributed by atoms with Crippen molar-refractivity contribution >= 4 is 60.7 Å². The molecule has 3 nitrogen and oxygen atoms in total. The van der Waals surface area contributed by atoms with Crippen LogP contribution in [0.5, 0.6) is 0 Å². The molecule has 1 aliphatic rings. The maximum absolute atomic E-state index is 3.72. The second kappa shape index (κ2) is 6.88. The van der Waals surface area contributed by atoms with Crippen LogP contribution in [0.25, 0.3) is 49.3 Å². The molecular formula is C30H23N3. The molecule has 3 heteroatoms. The van der Waals surface area contributed by atoms with Crippen LogP contribution in [-0.4, -0.2) is 12.0 Å². The molecule has 0 spiro atoms. The number of H-pyrrole nitrogens is 1. The quantitative estimate of drug-likeness (QED) is 0.279. The summed E-state index contributed by atoms with van der Waals surface area (Å²) in [5, 5.41) is 12.4. The van der Waals surface area contributed by atoms with Gasteiger partial charge in [-0.1, -0.05) is 72.8 Å². The second-order valence-electron chi connectivity index (χ2n) is 8.77. The zero-order valence-corrected chi connectivity index (χ0v) is 18.4. The van der Waals surface area contributed by atoms with E-state index in [9.17, 15) is 0 Å². The van der Waals surface area contributed by atoms with Crippen molar-refractivity contribution in [2.75, 3.05) is 17.3 Å². The lowest BCUT2D eigenvalue weighted by Gasteiger charge is -2.28. The van der Waals surface area contributed by atoms with Gasteiger partial charge in [-0.25, -0.2) is 0 Å². The molecule has 158 valence electrons. The molecule has 0 atom stereocenters. The maximum Gasteiger partial charge on any atom is 0.0731 e. The molecule has 0 fully saturated rings. The molecular weight excluding hydrogens is 402 g/mol. The fourth-order valence-electron chi connectivity index (χ4n) is 5.49. The standard InChI is InChI=1S/C30H23N3/c1-31-29-24-12-6-4-10-21(24)22-11-5-7-13-25(22)30(29)33-15-14-23-26-16-19-8-2-3-9-20(19)17-27(26)32-28(23)18-33/h2-17,31-32H,18H2,1H3. The van der Waals surface area contributed by atoms with E-state index >= 15 is 0 Å². The van der Waals surface area contributed by atoms with Crippen molar-refractivity contribution in [2.24, 2.45) is 0 Å². The SMILES string of the molecule is CNc1c(N2C=Cc3c([nH]c4cc5ccccc5cc34)C2)c2ccccc2c2ccccc12. The van der Waals surface area contributed by atoms with E-state index in [1.165, 1.54) is 65.9 Å². The summed E-state index contributed by atoms with van der Waals surface area (Å²) in [6.45, 7) is 0.799. The fourth-order valence-corrected chi connectivity index (χ4v) is 5.49. The third-order valence-corrected chi connectivity index (χ3v) is 6.98. The van der Waals surface area contributed by atoms with Gasteiger partial charge in [0.15, 0.2) is 0 Å². The van der Waals surface area contributed by atoms with Gasteiger partial charge in [0.05, 0.1) is 17.9 Å². The summed E-state index contributed by atoms with van der Waals surface area (Å²) in [6.07, 6.45) is 4.50. The van der Waals surface area contributed by atoms with E-state index in [1.54, 1.807) is 0 Å². The summed E-state index contributed by atoms with van der Waals surface area (Å²) in [5.74, 6) is 0. The molecule has 1 aliphatic heterocycles. The number of aromatic nitrogens is 1. The molecule has 0 aliphatic carbocycles. The summed E-state index contributed by atoms with van der Waals surface area (Å²) in [6, 6.07) is 30.5. The topological polar surface area (TPSA) is 31.1 Å². The Hall–Kier alpha value is -4.24. The summed E-state index contributed by atoms with van der Waals surface area (Å²) in [4.78, 5) is 6.09. The van der Waals surface area contributed by atoms with Gasteiger partial charge in [0.25, 0.3) is 0 Å². The number of anilines is 2. The molecule has 0 saturated heterocycles. The zero-order chi connectivity index (χ0) is 21.9. The average Bonchev–Trinajstić information content (AvgIpc) is 3.23. The normalized spacial score (nSPS) is 13.3. The molecule has 6 aromatic rings. The molecule has 2 N–H and O–H groups in total. The zero-order valence-electron chi connectivity index (χ0n) is 18.4. The summed E-state index contributed by atoms with van der Waals surface area (Å²) in [7, 11) is 2.02. The largest absolute Gasteiger partial charge is 0.386 e. The van der Waals surface area contributed by atoms with Crippen LogP contribution in [-0.2, 0) is 6.54 Å². The lowest BCUT2D eigenvalue weighted by atomic mass is 9.96. The summed E-state index contributed by atoms with van der Waals surface area (Å²) >= 11 is 0. The first kappa shape index (κ1) is 18.3. The minimum Gasteiger partial charge on any atom is -0.386 e. The summed E-state index contributed by atoms with van der Waals surface area (Å²) in [5.41, 5.74) is 6.13. The number of hydrogen-bond donors (Lipinski definition) is 2. The van der Waals surface area contributed by atoms with Crippen LogP contribution in [0.1, 0.15) is 11.3 Å². The molecule has 0 radical (unpaired) electrons. The highest BCUT2D eigenvalue weighted by Crippen LogP contribution is 2.44. The lowest BCUT2D eigenvalue weighted by molar-refractivity contribution is 0.930. The molecule has 33 heavy (non-hydrogen) atoms. The van der Waals surface area contributed by atoms with Crippen LogP contribution < -0.4 is 10.2 Å². The van der Waals surface area contributed by atoms with Crippen LogP contribution in [0, 0.1) is 0 Å². The van der Waals surface area contributed by atoms with E-state index in [-0.39, 0.29) is 0 Å². The Bertz CT molecular complexity index is 1740. The van der Waals surface area contributed by atoms with Gasteiger partial charge in [0, 0.05) is 46.2 Å². The Morgan fingerprint density at radius 2 is 1.36 bits per heavy atom. The van der Waals surface area contributed by atoms with Gasteiger partial charge < -0.3 is 15.2 Å². The van der Waals surface area contributed by atoms with E-state index in [4.69, 9.17) is 0 Å². The number of benzene rings is 5. The number of rotatable bonds is 2. The second-order valence-corrected chi connectivity index (χ2v) is 8.77. The Kier molecular flexibility index (Phi) is 3.82. The number of nitrogens with one attached hydrogen (secondary N) is 2. The van der Waals surface area contributed by atoms with Crippen molar-refractivity contribution in [2.45, 2.75) is 6.54 Å². The average molecular weight is 426 g/mol. The number of hydrogen-bond acceptors (Lipinski definition) is 2. The Morgan fingerprint density at radius 1 is 0.727 bits per heavy atom. The van der Waals surface area contributed by atoms with Gasteiger partial charge in [-0.3, -0.25) is 0 Å². The Labute approximate surface area is 191 Å². The highest BCUT2D eigenvalue weighted by molar-refractivity contribution is 6.20. The molecule has 0 amide bonds. The first-order valence-corrected chi connectivity index (χ1v) is 11.4. The van der Waals surface area contributed by atoms with Gasteiger partial charge in [0.2, 0.25) is 0 Å². The molecule has 0 unspecified atom stereocenters. The third kappa shape index (κ3) is 2.63. The highest BCUT2D eigenvalue weighted by Gasteiger charge is 2.22. The van der Waals surface area contributed by atoms with Crippen molar-refractivity contribution in [3.05, 3.63) is 102 Å². The summed E-state index contributed by atoms with van der Waals surface area (Å²) < 4.78 is 0. The van der Waals surface area contributed by atoms with E-state index in [0.29, 0.717) is 0 Å². The van der Waals surface area contributed by atoms with Gasteiger partial charge in [-0.05, 0) is 39.8 Å². The van der Waals surface area contributed by atoms with Gasteiger partial charge in [-0.15, -0.1) is 0 Å². The predicted molar refractivity (Wildman–Crippen MR) is 142 cm³/mol. The van der Waals surface area contributed by atoms with Crippen LogP contribution >= 0.6 is 0 Å². The third-order valence-electron chi connectivity index (χ3n) is 6.98. The monoisotopic (exact) mass is 425 g/mol. The van der Waals surface area contributed by atoms with Crippen LogP contribution in [0.2, 0.25) is 0 Å². The minimum atomic E-state index is 0.799. The first-order chi connectivity index (χ1) is 16.3. The molecule has 0 bridgehead atoms. The Balaban J connectivity index is 1.45. The molecule has 5 aromatic carbocycles. The highest BCUT2D eigenvalue weighted by atomic mass is 15.1. The molecule has 7 rings (SSSR count). The molecule has 1 aromatic heterocycles. The Morgan fingerprint density at radius 3 is 2.12 bits per heavy atom. The van der Waals surface area contributed by atoms with Gasteiger partial charge >= 0.3 is 0 Å². The van der Waals surface area contributed by atoms with Crippen LogP contribution in [0.3, 0.4) is 0 Å². The van der Waals surface area contributed by atoms with Crippen LogP contribution in [0.15, 0.2) is 91.1 Å². The van der Waals surface area contributed by atoms with E-state index in [1.807, 2.05) is 7.05 Å². The van der Waals surface area contributed by atoms with Crippen LogP contribution in [0.4, 0.5) is 11.4 Å². The van der Waals surface area contributed by atoms with E-state index in [0.717, 1.165) is 6.54 Å². The number of fused-ring (bicyclic) bond motifs is 7. The fraction of sp³-hybridized carbons (Fsp3) is 0.0667. The van der Waals surface area contributed by atoms with Crippen molar-refractivity contribution in [3.8, 4) is 0 Å². The predicted octanol–water partition coefficient (Wildman–Crippen LogP) is 7.66. The van der Waals surface area contributed by atoms with Crippen molar-refractivity contribution < 1.29 is 0 Å². The minimum absolute atomic E-state index is 0.799. The maximum atomic E-state index is 3.72. The molecule has 0 saturated carbocycles. The van der Waals surface area contributed by atoms with Crippen molar-refractivity contribution in [1.29, 1.82) is 0 Å². The first-order valence-electron chi connectivity index (χ1n) is 11.4. The number of nitrogens with zero attached hydrogens (tertiary/aromatic N) is 1. The van der Waals surface area contributed by atoms with Crippen molar-refractivity contribution in [1.82, 2.24) is 4.98 Å². The van der Waals surface area contributed by atoms with Gasteiger partial charge in [-0.2, -0.15) is 0 Å².